The summed E-state index contributed by atoms with van der Waals surface area (Å²) in [6.45, 7) is 5.09. The first-order valence-electron chi connectivity index (χ1n) is 11.4. The van der Waals surface area contributed by atoms with Gasteiger partial charge in [-0.25, -0.2) is 18.7 Å². The Bertz CT molecular complexity index is 1440. The molecule has 194 valence electrons. The Kier molecular flexibility index (Phi) is 7.98. The van der Waals surface area contributed by atoms with E-state index in [2.05, 4.69) is 38.1 Å². The molecular formula is C25H28F2N8O2. The Labute approximate surface area is 212 Å². The van der Waals surface area contributed by atoms with E-state index in [-0.39, 0.29) is 40.1 Å². The first-order valence-corrected chi connectivity index (χ1v) is 11.4. The van der Waals surface area contributed by atoms with Crippen LogP contribution in [-0.4, -0.2) is 58.8 Å². The number of carbonyl (C=O) groups is 1. The van der Waals surface area contributed by atoms with E-state index in [4.69, 9.17) is 5.73 Å². The number of nitrogens with two attached hydrogens (primary N) is 1. The molecule has 1 amide bonds. The summed E-state index contributed by atoms with van der Waals surface area (Å²) in [5.41, 5.74) is 5.48. The molecule has 4 rings (SSSR count). The van der Waals surface area contributed by atoms with Crippen molar-refractivity contribution in [3.8, 4) is 12.8 Å². The molecule has 12 heteroatoms. The lowest BCUT2D eigenvalue weighted by Gasteiger charge is -2.24. The largest absolute Gasteiger partial charge is 0.384 e. The van der Waals surface area contributed by atoms with Crippen LogP contribution in [0.15, 0.2) is 24.3 Å². The summed E-state index contributed by atoms with van der Waals surface area (Å²) < 4.78 is 29.1. The van der Waals surface area contributed by atoms with Crippen LogP contribution in [0.5, 0.6) is 0 Å². The van der Waals surface area contributed by atoms with Crippen molar-refractivity contribution >= 4 is 28.4 Å². The summed E-state index contributed by atoms with van der Waals surface area (Å²) in [6.07, 6.45) is 9.75. The van der Waals surface area contributed by atoms with Crippen LogP contribution in [0.2, 0.25) is 0 Å². The molecule has 0 aliphatic carbocycles. The molecule has 0 unspecified atom stereocenters. The van der Waals surface area contributed by atoms with Crippen molar-refractivity contribution in [2.75, 3.05) is 12.8 Å². The fourth-order valence-corrected chi connectivity index (χ4v) is 3.71. The lowest BCUT2D eigenvalue weighted by molar-refractivity contribution is 0.0696. The van der Waals surface area contributed by atoms with Crippen molar-refractivity contribution in [3.05, 3.63) is 53.1 Å². The van der Waals surface area contributed by atoms with Gasteiger partial charge in [0.05, 0.1) is 11.1 Å². The number of anilines is 1. The molecule has 0 fully saturated rings. The van der Waals surface area contributed by atoms with E-state index in [0.29, 0.717) is 30.8 Å². The quantitative estimate of drug-likeness (QED) is 0.362. The highest BCUT2D eigenvalue weighted by molar-refractivity contribution is 5.93. The number of carbonyl (C=O) groups excluding carboxylic acids is 1. The van der Waals surface area contributed by atoms with Crippen LogP contribution in [0.4, 0.5) is 14.7 Å². The molecule has 1 aromatic carbocycles. The fourth-order valence-electron chi connectivity index (χ4n) is 3.71. The Morgan fingerprint density at radius 1 is 1.22 bits per heavy atom. The van der Waals surface area contributed by atoms with Crippen LogP contribution in [0.3, 0.4) is 0 Å². The SMILES string of the molecule is C#C.C[C@@H](CCCc1nc2c3cc(F)cc(F)c3nc(N)n2n1)N(C)C(=O)c1ccc(C(C)(C)O)nn1. The maximum absolute atomic E-state index is 14.1. The second kappa shape index (κ2) is 10.8. The Morgan fingerprint density at radius 2 is 1.92 bits per heavy atom. The molecule has 3 N–H and O–H groups in total. The number of rotatable bonds is 7. The number of aryl methyl sites for hydroxylation is 1. The number of hydrogen-bond donors (Lipinski definition) is 2. The molecule has 37 heavy (non-hydrogen) atoms. The molecular weight excluding hydrogens is 482 g/mol. The lowest BCUT2D eigenvalue weighted by atomic mass is 10.1. The summed E-state index contributed by atoms with van der Waals surface area (Å²) >= 11 is 0. The highest BCUT2D eigenvalue weighted by Gasteiger charge is 2.22. The highest BCUT2D eigenvalue weighted by atomic mass is 19.1. The minimum Gasteiger partial charge on any atom is -0.384 e. The average molecular weight is 511 g/mol. The molecule has 0 aliphatic heterocycles. The van der Waals surface area contributed by atoms with E-state index in [1.165, 1.54) is 4.52 Å². The Balaban J connectivity index is 0.00000186. The van der Waals surface area contributed by atoms with Gasteiger partial charge in [-0.1, -0.05) is 0 Å². The first kappa shape index (κ1) is 27.3. The van der Waals surface area contributed by atoms with Gasteiger partial charge in [0.1, 0.15) is 16.9 Å². The van der Waals surface area contributed by atoms with Gasteiger partial charge in [-0.2, -0.15) is 9.61 Å². The van der Waals surface area contributed by atoms with Gasteiger partial charge in [0, 0.05) is 25.6 Å². The zero-order valence-corrected chi connectivity index (χ0v) is 21.0. The normalized spacial score (nSPS) is 12.2. The van der Waals surface area contributed by atoms with Crippen LogP contribution in [0.1, 0.15) is 55.6 Å². The molecule has 1 atom stereocenters. The molecule has 3 aromatic heterocycles. The monoisotopic (exact) mass is 510 g/mol. The predicted molar refractivity (Wildman–Crippen MR) is 134 cm³/mol. The lowest BCUT2D eigenvalue weighted by Crippen LogP contribution is -2.36. The molecule has 0 saturated carbocycles. The van der Waals surface area contributed by atoms with Crippen LogP contribution in [0, 0.1) is 24.5 Å². The highest BCUT2D eigenvalue weighted by Crippen LogP contribution is 2.24. The van der Waals surface area contributed by atoms with Crippen molar-refractivity contribution in [2.24, 2.45) is 0 Å². The smallest absolute Gasteiger partial charge is 0.274 e. The van der Waals surface area contributed by atoms with Gasteiger partial charge in [0.2, 0.25) is 5.95 Å². The summed E-state index contributed by atoms with van der Waals surface area (Å²) in [6, 6.07) is 4.90. The van der Waals surface area contributed by atoms with Crippen molar-refractivity contribution in [2.45, 2.75) is 51.7 Å². The summed E-state index contributed by atoms with van der Waals surface area (Å²) in [5, 5.41) is 22.4. The number of benzene rings is 1. The maximum atomic E-state index is 14.1. The van der Waals surface area contributed by atoms with Crippen molar-refractivity contribution < 1.29 is 18.7 Å². The average Bonchev–Trinajstić information content (AvgIpc) is 3.30. The molecule has 0 aliphatic rings. The van der Waals surface area contributed by atoms with Gasteiger partial charge in [-0.15, -0.1) is 23.0 Å². The number of aliphatic hydroxyl groups is 1. The van der Waals surface area contributed by atoms with Gasteiger partial charge in [-0.05, 0) is 51.8 Å². The Morgan fingerprint density at radius 3 is 2.54 bits per heavy atom. The number of nitrogens with zero attached hydrogens (tertiary/aromatic N) is 7. The van der Waals surface area contributed by atoms with Crippen LogP contribution in [-0.2, 0) is 12.0 Å². The molecule has 10 nitrogen and oxygen atoms in total. The van der Waals surface area contributed by atoms with Crippen molar-refractivity contribution in [1.29, 1.82) is 0 Å². The topological polar surface area (TPSA) is 135 Å². The van der Waals surface area contributed by atoms with Crippen molar-refractivity contribution in [3.63, 3.8) is 0 Å². The second-order valence-corrected chi connectivity index (χ2v) is 9.04. The fraction of sp³-hybridized carbons (Fsp3) is 0.360. The zero-order valence-electron chi connectivity index (χ0n) is 21.0. The van der Waals surface area contributed by atoms with Crippen LogP contribution >= 0.6 is 0 Å². The molecule has 0 radical (unpaired) electrons. The number of amides is 1. The third-order valence-electron chi connectivity index (χ3n) is 5.88. The standard InChI is InChI=1S/C23H26F2N8O2.C2H2/c1-12(32(4)21(34)16-8-9-17(30-29-16)23(2,3)35)6-5-7-18-27-20-14-10-13(24)11-15(25)19(14)28-22(26)33(20)31-18;1-2/h8-12,35H,5-7H2,1-4H3,(H2,26,28);1-2H/t12-;/m0./s1. The zero-order chi connectivity index (χ0) is 27.5. The summed E-state index contributed by atoms with van der Waals surface area (Å²) in [5.74, 6) is -1.45. The minimum atomic E-state index is -1.14. The second-order valence-electron chi connectivity index (χ2n) is 9.04. The van der Waals surface area contributed by atoms with Gasteiger partial charge >= 0.3 is 0 Å². The maximum Gasteiger partial charge on any atom is 0.274 e. The summed E-state index contributed by atoms with van der Waals surface area (Å²) in [4.78, 5) is 22.7. The molecule has 4 aromatic rings. The number of fused-ring (bicyclic) bond motifs is 3. The predicted octanol–water partition coefficient (Wildman–Crippen LogP) is 2.89. The van der Waals surface area contributed by atoms with Crippen molar-refractivity contribution in [1.82, 2.24) is 34.7 Å². The van der Waals surface area contributed by atoms with Crippen LogP contribution in [0.25, 0.3) is 16.6 Å². The van der Waals surface area contributed by atoms with Crippen LogP contribution < -0.4 is 5.73 Å². The van der Waals surface area contributed by atoms with E-state index < -0.39 is 17.2 Å². The number of hydrogen-bond acceptors (Lipinski definition) is 8. The van der Waals surface area contributed by atoms with Gasteiger partial charge in [-0.3, -0.25) is 4.79 Å². The van der Waals surface area contributed by atoms with Gasteiger partial charge in [0.25, 0.3) is 5.91 Å². The van der Waals surface area contributed by atoms with Gasteiger partial charge in [0.15, 0.2) is 23.0 Å². The van der Waals surface area contributed by atoms with E-state index in [9.17, 15) is 18.7 Å². The first-order chi connectivity index (χ1) is 17.5. The van der Waals surface area contributed by atoms with Gasteiger partial charge < -0.3 is 15.7 Å². The number of halogens is 2. The minimum absolute atomic E-state index is 0.0489. The molecule has 3 heterocycles. The molecule has 0 spiro atoms. The third-order valence-corrected chi connectivity index (χ3v) is 5.88. The van der Waals surface area contributed by atoms with E-state index >= 15 is 0 Å². The van der Waals surface area contributed by atoms with E-state index in [0.717, 1.165) is 12.1 Å². The third kappa shape index (κ3) is 5.78. The molecule has 0 bridgehead atoms. The Hall–Kier alpha value is -4.24. The number of terminal acetylenes is 1. The van der Waals surface area contributed by atoms with E-state index in [1.807, 2.05) is 6.92 Å². The number of aromatic nitrogens is 6. The molecule has 0 saturated heterocycles. The summed E-state index contributed by atoms with van der Waals surface area (Å²) in [7, 11) is 1.68. The number of nitrogen functional groups attached to an aromatic ring is 1. The van der Waals surface area contributed by atoms with E-state index in [1.54, 1.807) is 37.9 Å².